The molecule has 1 unspecified atom stereocenters. The second-order valence-electron chi connectivity index (χ2n) is 8.85. The molecule has 3 heterocycles. The van der Waals surface area contributed by atoms with Gasteiger partial charge in [0.15, 0.2) is 4.80 Å². The molecule has 194 valence electrons. The van der Waals surface area contributed by atoms with Crippen molar-refractivity contribution in [3.8, 4) is 5.75 Å². The van der Waals surface area contributed by atoms with Gasteiger partial charge in [0.1, 0.15) is 11.8 Å². The molecule has 1 aliphatic heterocycles. The molecule has 0 aliphatic carbocycles. The predicted octanol–water partition coefficient (Wildman–Crippen LogP) is 5.16. The number of rotatable bonds is 6. The van der Waals surface area contributed by atoms with Gasteiger partial charge in [-0.15, -0.1) is 11.3 Å². The van der Waals surface area contributed by atoms with Gasteiger partial charge in [0, 0.05) is 15.8 Å². The van der Waals surface area contributed by atoms with Crippen LogP contribution >= 0.6 is 22.7 Å². The summed E-state index contributed by atoms with van der Waals surface area (Å²) < 4.78 is 13.2. The number of hydrogen-bond acceptors (Lipinski definition) is 7. The van der Waals surface area contributed by atoms with Crippen molar-refractivity contribution in [2.75, 3.05) is 13.7 Å². The molecule has 0 saturated heterocycles. The van der Waals surface area contributed by atoms with Crippen LogP contribution in [0.2, 0.25) is 0 Å². The maximum Gasteiger partial charge on any atom is 0.338 e. The van der Waals surface area contributed by atoms with Crippen LogP contribution in [0.25, 0.3) is 22.5 Å². The van der Waals surface area contributed by atoms with Crippen molar-refractivity contribution in [3.05, 3.63) is 126 Å². The Balaban J connectivity index is 1.64. The van der Waals surface area contributed by atoms with E-state index in [0.29, 0.717) is 20.6 Å². The van der Waals surface area contributed by atoms with Gasteiger partial charge in [-0.25, -0.2) is 9.79 Å². The van der Waals surface area contributed by atoms with E-state index in [-0.39, 0.29) is 12.2 Å². The lowest BCUT2D eigenvalue weighted by molar-refractivity contribution is -0.138. The Morgan fingerprint density at radius 2 is 1.77 bits per heavy atom. The molecule has 39 heavy (non-hydrogen) atoms. The summed E-state index contributed by atoms with van der Waals surface area (Å²) in [4.78, 5) is 33.8. The summed E-state index contributed by atoms with van der Waals surface area (Å²) in [6.45, 7) is 1.99. The highest BCUT2D eigenvalue weighted by Gasteiger charge is 2.35. The molecule has 0 spiro atoms. The Bertz CT molecular complexity index is 1900. The van der Waals surface area contributed by atoms with Crippen molar-refractivity contribution in [2.45, 2.75) is 13.0 Å². The van der Waals surface area contributed by atoms with Gasteiger partial charge in [0.25, 0.3) is 5.56 Å². The minimum atomic E-state index is -0.648. The van der Waals surface area contributed by atoms with E-state index in [1.807, 2.05) is 90.3 Å². The zero-order valence-corrected chi connectivity index (χ0v) is 22.9. The number of nitrogens with zero attached hydrogens (tertiary/aromatic N) is 2. The SMILES string of the molecule is CCOC(=O)C1=C(c2ccccc2)N=c2s/c(=C/c3ccc(OC)c4ccccc34)c(=O)n2C1c1cccs1. The van der Waals surface area contributed by atoms with Crippen molar-refractivity contribution in [1.82, 2.24) is 4.57 Å². The third-order valence-corrected chi connectivity index (χ3v) is 8.52. The largest absolute Gasteiger partial charge is 0.496 e. The van der Waals surface area contributed by atoms with Crippen LogP contribution in [0.15, 0.2) is 99.6 Å². The van der Waals surface area contributed by atoms with Crippen LogP contribution in [-0.2, 0) is 9.53 Å². The van der Waals surface area contributed by atoms with Crippen LogP contribution in [-0.4, -0.2) is 24.3 Å². The number of ether oxygens (including phenoxy) is 2. The number of methoxy groups -OCH3 is 1. The first-order chi connectivity index (χ1) is 19.1. The zero-order chi connectivity index (χ0) is 26.9. The average molecular weight is 553 g/mol. The van der Waals surface area contributed by atoms with Crippen molar-refractivity contribution in [1.29, 1.82) is 0 Å². The smallest absolute Gasteiger partial charge is 0.338 e. The zero-order valence-electron chi connectivity index (χ0n) is 21.3. The van der Waals surface area contributed by atoms with Gasteiger partial charge in [0.2, 0.25) is 0 Å². The third-order valence-electron chi connectivity index (χ3n) is 6.61. The van der Waals surface area contributed by atoms with E-state index in [1.54, 1.807) is 18.6 Å². The quantitative estimate of drug-likeness (QED) is 0.273. The van der Waals surface area contributed by atoms with E-state index in [4.69, 9.17) is 14.5 Å². The normalized spacial score (nSPS) is 15.2. The molecule has 0 fully saturated rings. The molecule has 0 saturated carbocycles. The van der Waals surface area contributed by atoms with E-state index >= 15 is 0 Å². The topological polar surface area (TPSA) is 69.9 Å². The summed E-state index contributed by atoms with van der Waals surface area (Å²) in [6, 6.07) is 24.6. The van der Waals surface area contributed by atoms with Crippen LogP contribution in [0.5, 0.6) is 5.75 Å². The van der Waals surface area contributed by atoms with E-state index in [9.17, 15) is 9.59 Å². The molecule has 2 aromatic heterocycles. The number of hydrogen-bond donors (Lipinski definition) is 0. The van der Waals surface area contributed by atoms with Gasteiger partial charge in [-0.1, -0.05) is 78.1 Å². The number of thiazole rings is 1. The molecular weight excluding hydrogens is 528 g/mol. The monoisotopic (exact) mass is 552 g/mol. The fraction of sp³-hybridized carbons (Fsp3) is 0.129. The number of fused-ring (bicyclic) bond motifs is 2. The Labute approximate surface area is 232 Å². The molecule has 6 nitrogen and oxygen atoms in total. The minimum Gasteiger partial charge on any atom is -0.496 e. The van der Waals surface area contributed by atoms with Gasteiger partial charge in [-0.2, -0.15) is 0 Å². The Hall–Kier alpha value is -4.27. The van der Waals surface area contributed by atoms with E-state index in [2.05, 4.69) is 0 Å². The highest BCUT2D eigenvalue weighted by Crippen LogP contribution is 2.37. The molecule has 6 rings (SSSR count). The Morgan fingerprint density at radius 1 is 1.00 bits per heavy atom. The van der Waals surface area contributed by atoms with E-state index in [1.165, 1.54) is 22.7 Å². The molecule has 3 aromatic carbocycles. The number of thiophene rings is 1. The standard InChI is InChI=1S/C31H24N2O4S2/c1-3-37-30(35)26-27(19-10-5-4-6-11-19)32-31-33(28(26)24-14-9-17-38-24)29(34)25(39-31)18-20-15-16-23(36-2)22-13-8-7-12-21(20)22/h4-18,28H,3H2,1-2H3/b25-18+. The number of aromatic nitrogens is 1. The Morgan fingerprint density at radius 3 is 2.49 bits per heavy atom. The minimum absolute atomic E-state index is 0.203. The number of benzene rings is 3. The molecule has 5 aromatic rings. The second-order valence-corrected chi connectivity index (χ2v) is 10.8. The third kappa shape index (κ3) is 4.41. The van der Waals surface area contributed by atoms with Crippen molar-refractivity contribution >= 4 is 51.2 Å². The molecule has 0 N–H and O–H groups in total. The average Bonchev–Trinajstić information content (AvgIpc) is 3.61. The lowest BCUT2D eigenvalue weighted by Gasteiger charge is -2.24. The van der Waals surface area contributed by atoms with Crippen LogP contribution < -0.4 is 19.6 Å². The highest BCUT2D eigenvalue weighted by molar-refractivity contribution is 7.10. The lowest BCUT2D eigenvalue weighted by Crippen LogP contribution is -2.39. The van der Waals surface area contributed by atoms with Gasteiger partial charge in [0.05, 0.1) is 29.5 Å². The van der Waals surface area contributed by atoms with Crippen LogP contribution in [0.3, 0.4) is 0 Å². The van der Waals surface area contributed by atoms with Gasteiger partial charge >= 0.3 is 5.97 Å². The van der Waals surface area contributed by atoms with Gasteiger partial charge in [-0.3, -0.25) is 9.36 Å². The summed E-state index contributed by atoms with van der Waals surface area (Å²) in [7, 11) is 1.65. The number of carbonyl (C=O) groups is 1. The predicted molar refractivity (Wildman–Crippen MR) is 156 cm³/mol. The summed E-state index contributed by atoms with van der Waals surface area (Å²) in [6.07, 6.45) is 1.90. The van der Waals surface area contributed by atoms with Crippen LogP contribution in [0, 0.1) is 0 Å². The van der Waals surface area contributed by atoms with Crippen molar-refractivity contribution in [3.63, 3.8) is 0 Å². The maximum absolute atomic E-state index is 14.0. The van der Waals surface area contributed by atoms with E-state index < -0.39 is 12.0 Å². The molecule has 0 bridgehead atoms. The molecule has 1 atom stereocenters. The highest BCUT2D eigenvalue weighted by atomic mass is 32.1. The summed E-state index contributed by atoms with van der Waals surface area (Å²) in [5.41, 5.74) is 2.37. The number of esters is 1. The molecular formula is C31H24N2O4S2. The summed E-state index contributed by atoms with van der Waals surface area (Å²) in [5.74, 6) is 0.294. The molecule has 0 amide bonds. The lowest BCUT2D eigenvalue weighted by atomic mass is 9.97. The summed E-state index contributed by atoms with van der Waals surface area (Å²) >= 11 is 2.81. The number of carbonyl (C=O) groups excluding carboxylic acids is 1. The van der Waals surface area contributed by atoms with Gasteiger partial charge < -0.3 is 9.47 Å². The first-order valence-corrected chi connectivity index (χ1v) is 14.2. The van der Waals surface area contributed by atoms with Gasteiger partial charge in [-0.05, 0) is 41.5 Å². The Kier molecular flexibility index (Phi) is 6.72. The first-order valence-electron chi connectivity index (χ1n) is 12.5. The fourth-order valence-electron chi connectivity index (χ4n) is 4.90. The molecule has 1 aliphatic rings. The fourth-order valence-corrected chi connectivity index (χ4v) is 6.71. The molecule has 0 radical (unpaired) electrons. The summed E-state index contributed by atoms with van der Waals surface area (Å²) in [5, 5.41) is 3.89. The van der Waals surface area contributed by atoms with E-state index in [0.717, 1.165) is 32.5 Å². The van der Waals surface area contributed by atoms with Crippen LogP contribution in [0.4, 0.5) is 0 Å². The van der Waals surface area contributed by atoms with Crippen molar-refractivity contribution < 1.29 is 14.3 Å². The first kappa shape index (κ1) is 25.0. The molecule has 8 heteroatoms. The maximum atomic E-state index is 14.0. The van der Waals surface area contributed by atoms with Crippen LogP contribution in [0.1, 0.15) is 29.0 Å². The second kappa shape index (κ2) is 10.5. The van der Waals surface area contributed by atoms with Crippen molar-refractivity contribution in [2.24, 2.45) is 4.99 Å².